The van der Waals surface area contributed by atoms with Crippen LogP contribution in [0, 0.1) is 11.8 Å². The summed E-state index contributed by atoms with van der Waals surface area (Å²) in [6.45, 7) is 16.6. The summed E-state index contributed by atoms with van der Waals surface area (Å²) >= 11 is 0. The zero-order valence-electron chi connectivity index (χ0n) is 23.2. The summed E-state index contributed by atoms with van der Waals surface area (Å²) < 4.78 is 12.5. The molecule has 0 radical (unpaired) electrons. The summed E-state index contributed by atoms with van der Waals surface area (Å²) in [5, 5.41) is 20.0. The Kier molecular flexibility index (Phi) is 8.50. The van der Waals surface area contributed by atoms with Crippen LogP contribution in [0.15, 0.2) is 23.3 Å². The van der Waals surface area contributed by atoms with Crippen LogP contribution in [0.25, 0.3) is 0 Å². The number of aliphatic hydroxyl groups excluding tert-OH is 1. The second-order valence-corrected chi connectivity index (χ2v) is 13.2. The molecule has 0 amide bonds. The Morgan fingerprint density at radius 2 is 1.32 bits per heavy atom. The maximum atomic E-state index is 10.1. The summed E-state index contributed by atoms with van der Waals surface area (Å²) in [6, 6.07) is 0. The molecular formula is C30H52O4. The van der Waals surface area contributed by atoms with Gasteiger partial charge in [0.05, 0.1) is 34.6 Å². The molecule has 2 aliphatic heterocycles. The van der Waals surface area contributed by atoms with Crippen LogP contribution in [0.4, 0.5) is 0 Å². The van der Waals surface area contributed by atoms with Crippen molar-refractivity contribution in [2.75, 3.05) is 0 Å². The van der Waals surface area contributed by atoms with Crippen LogP contribution in [-0.2, 0) is 9.47 Å². The lowest BCUT2D eigenvalue weighted by Gasteiger charge is -2.50. The Morgan fingerprint density at radius 3 is 1.74 bits per heavy atom. The second kappa shape index (κ2) is 10.4. The SMILES string of the molecule is CC1=CCC([C@]2(C)CC[C@@H](C(C)(C)O)O2)CC1.CC1=CC[C@@H]([C@]2(C)CC[C@H](O)C(C)(C)O2)CC1. The lowest BCUT2D eigenvalue weighted by Crippen LogP contribution is -2.55. The average molecular weight is 477 g/mol. The van der Waals surface area contributed by atoms with E-state index >= 15 is 0 Å². The summed E-state index contributed by atoms with van der Waals surface area (Å²) in [4.78, 5) is 0. The highest BCUT2D eigenvalue weighted by Gasteiger charge is 2.47. The first-order valence-corrected chi connectivity index (χ1v) is 13.7. The number of hydrogen-bond donors (Lipinski definition) is 2. The highest BCUT2D eigenvalue weighted by Crippen LogP contribution is 2.45. The molecule has 0 saturated carbocycles. The molecular weight excluding hydrogens is 424 g/mol. The predicted molar refractivity (Wildman–Crippen MR) is 140 cm³/mol. The normalized spacial score (nSPS) is 40.6. The van der Waals surface area contributed by atoms with E-state index in [4.69, 9.17) is 9.47 Å². The largest absolute Gasteiger partial charge is 0.390 e. The van der Waals surface area contributed by atoms with E-state index in [0.717, 1.165) is 38.5 Å². The van der Waals surface area contributed by atoms with Gasteiger partial charge in [-0.2, -0.15) is 0 Å². The molecule has 0 spiro atoms. The number of ether oxygens (including phenoxy) is 2. The van der Waals surface area contributed by atoms with Crippen molar-refractivity contribution in [3.8, 4) is 0 Å². The third-order valence-corrected chi connectivity index (χ3v) is 9.32. The van der Waals surface area contributed by atoms with Gasteiger partial charge in [0.1, 0.15) is 0 Å². The fraction of sp³-hybridized carbons (Fsp3) is 0.867. The maximum Gasteiger partial charge on any atom is 0.0891 e. The van der Waals surface area contributed by atoms with Crippen LogP contribution in [0.2, 0.25) is 0 Å². The van der Waals surface area contributed by atoms with E-state index in [1.807, 2.05) is 27.7 Å². The molecule has 0 aromatic carbocycles. The number of aliphatic hydroxyl groups is 2. The van der Waals surface area contributed by atoms with Crippen molar-refractivity contribution in [1.82, 2.24) is 0 Å². The molecule has 1 unspecified atom stereocenters. The molecule has 4 heteroatoms. The Bertz CT molecular complexity index is 760. The molecule has 2 saturated heterocycles. The minimum absolute atomic E-state index is 0.000460. The van der Waals surface area contributed by atoms with Crippen LogP contribution < -0.4 is 0 Å². The third kappa shape index (κ3) is 6.55. The van der Waals surface area contributed by atoms with Gasteiger partial charge in [0, 0.05) is 0 Å². The first kappa shape index (κ1) is 27.9. The zero-order valence-corrected chi connectivity index (χ0v) is 23.2. The predicted octanol–water partition coefficient (Wildman–Crippen LogP) is 6.88. The van der Waals surface area contributed by atoms with Crippen LogP contribution >= 0.6 is 0 Å². The van der Waals surface area contributed by atoms with Crippen LogP contribution in [-0.4, -0.2) is 44.8 Å². The number of rotatable bonds is 3. The Hall–Kier alpha value is -0.680. The number of hydrogen-bond acceptors (Lipinski definition) is 4. The second-order valence-electron chi connectivity index (χ2n) is 13.2. The zero-order chi connectivity index (χ0) is 25.4. The van der Waals surface area contributed by atoms with E-state index in [9.17, 15) is 10.2 Å². The van der Waals surface area contributed by atoms with E-state index < -0.39 is 11.2 Å². The van der Waals surface area contributed by atoms with Gasteiger partial charge in [0.25, 0.3) is 0 Å². The quantitative estimate of drug-likeness (QED) is 0.436. The molecule has 2 fully saturated rings. The van der Waals surface area contributed by atoms with E-state index in [1.54, 1.807) is 0 Å². The monoisotopic (exact) mass is 476 g/mol. The van der Waals surface area contributed by atoms with Gasteiger partial charge in [0.15, 0.2) is 0 Å². The minimum atomic E-state index is -0.710. The fourth-order valence-corrected chi connectivity index (χ4v) is 6.48. The minimum Gasteiger partial charge on any atom is -0.390 e. The van der Waals surface area contributed by atoms with E-state index in [0.29, 0.717) is 11.8 Å². The molecule has 196 valence electrons. The lowest BCUT2D eigenvalue weighted by atomic mass is 9.73. The first-order valence-electron chi connectivity index (χ1n) is 13.7. The Morgan fingerprint density at radius 1 is 0.824 bits per heavy atom. The van der Waals surface area contributed by atoms with Gasteiger partial charge >= 0.3 is 0 Å². The smallest absolute Gasteiger partial charge is 0.0891 e. The van der Waals surface area contributed by atoms with Crippen LogP contribution in [0.1, 0.15) is 120 Å². The van der Waals surface area contributed by atoms with Crippen molar-refractivity contribution < 1.29 is 19.7 Å². The van der Waals surface area contributed by atoms with Crippen molar-refractivity contribution in [3.63, 3.8) is 0 Å². The topological polar surface area (TPSA) is 58.9 Å². The highest BCUT2D eigenvalue weighted by molar-refractivity contribution is 5.08. The number of allylic oxidation sites excluding steroid dienone is 4. The highest BCUT2D eigenvalue weighted by atomic mass is 16.5. The summed E-state index contributed by atoms with van der Waals surface area (Å²) in [6.07, 6.45) is 15.5. The lowest BCUT2D eigenvalue weighted by molar-refractivity contribution is -0.233. The van der Waals surface area contributed by atoms with E-state index in [-0.39, 0.29) is 23.4 Å². The molecule has 4 rings (SSSR count). The van der Waals surface area contributed by atoms with Crippen molar-refractivity contribution in [3.05, 3.63) is 23.3 Å². The van der Waals surface area contributed by atoms with E-state index in [1.165, 1.54) is 36.8 Å². The molecule has 6 atom stereocenters. The van der Waals surface area contributed by atoms with Crippen molar-refractivity contribution in [2.45, 2.75) is 154 Å². The van der Waals surface area contributed by atoms with Gasteiger partial charge in [-0.25, -0.2) is 0 Å². The molecule has 34 heavy (non-hydrogen) atoms. The molecule has 4 aliphatic rings. The van der Waals surface area contributed by atoms with Gasteiger partial charge in [-0.05, 0) is 131 Å². The van der Waals surface area contributed by atoms with E-state index in [2.05, 4.69) is 39.8 Å². The summed E-state index contributed by atoms with van der Waals surface area (Å²) in [7, 11) is 0. The summed E-state index contributed by atoms with van der Waals surface area (Å²) in [5.41, 5.74) is 1.84. The molecule has 0 bridgehead atoms. The molecule has 2 N–H and O–H groups in total. The standard InChI is InChI=1S/2C15H26O2/c1-11-5-7-12(8-6-11)15(4)10-9-13(17-15)14(2,3)16;1-11-5-7-12(8-6-11)15(4)10-9-13(16)14(2,3)17-15/h2*5,12-13,16H,6-10H2,1-4H3/t12?,13-,15-;12-,13+,15+/m01/s1. The third-order valence-electron chi connectivity index (χ3n) is 9.32. The van der Waals surface area contributed by atoms with Gasteiger partial charge in [-0.15, -0.1) is 0 Å². The molecule has 0 aromatic heterocycles. The fourth-order valence-electron chi connectivity index (χ4n) is 6.48. The van der Waals surface area contributed by atoms with Gasteiger partial charge < -0.3 is 19.7 Å². The maximum absolute atomic E-state index is 10.1. The Balaban J connectivity index is 0.000000191. The average Bonchev–Trinajstić information content (AvgIpc) is 3.16. The molecule has 4 nitrogen and oxygen atoms in total. The van der Waals surface area contributed by atoms with Gasteiger partial charge in [-0.1, -0.05) is 23.3 Å². The Labute approximate surface area is 209 Å². The van der Waals surface area contributed by atoms with Crippen LogP contribution in [0.5, 0.6) is 0 Å². The van der Waals surface area contributed by atoms with Crippen molar-refractivity contribution in [2.24, 2.45) is 11.8 Å². The van der Waals surface area contributed by atoms with Crippen LogP contribution in [0.3, 0.4) is 0 Å². The molecule has 0 aromatic rings. The van der Waals surface area contributed by atoms with Gasteiger partial charge in [0.2, 0.25) is 0 Å². The first-order chi connectivity index (χ1) is 15.6. The summed E-state index contributed by atoms with van der Waals surface area (Å²) in [5.74, 6) is 1.23. The molecule has 2 aliphatic carbocycles. The van der Waals surface area contributed by atoms with Gasteiger partial charge in [-0.3, -0.25) is 0 Å². The van der Waals surface area contributed by atoms with Crippen molar-refractivity contribution in [1.29, 1.82) is 0 Å². The molecule has 2 heterocycles. The van der Waals surface area contributed by atoms with Crippen molar-refractivity contribution >= 4 is 0 Å².